The van der Waals surface area contributed by atoms with Crippen LogP contribution in [-0.2, 0) is 0 Å². The Balaban J connectivity index is 2.50. The first-order chi connectivity index (χ1) is 8.13. The average molecular weight is 254 g/mol. The van der Waals surface area contributed by atoms with Crippen LogP contribution in [0.2, 0.25) is 0 Å². The molecule has 1 atom stereocenters. The van der Waals surface area contributed by atoms with Crippen molar-refractivity contribution in [1.29, 1.82) is 0 Å². The van der Waals surface area contributed by atoms with Gasteiger partial charge in [0, 0.05) is 23.9 Å². The summed E-state index contributed by atoms with van der Waals surface area (Å²) in [6.45, 7) is 4.23. The van der Waals surface area contributed by atoms with Gasteiger partial charge in [-0.15, -0.1) is 0 Å². The Hall–Kier alpha value is -1.23. The molecule has 4 nitrogen and oxygen atoms in total. The van der Waals surface area contributed by atoms with Crippen LogP contribution < -0.4 is 5.32 Å². The first kappa shape index (κ1) is 13.8. The number of nitrogens with zero attached hydrogens (tertiary/aromatic N) is 1. The Kier molecular flexibility index (Phi) is 5.83. The van der Waals surface area contributed by atoms with Crippen molar-refractivity contribution in [2.75, 3.05) is 16.8 Å². The highest BCUT2D eigenvalue weighted by atomic mass is 32.2. The average Bonchev–Trinajstić information content (AvgIpc) is 2.29. The van der Waals surface area contributed by atoms with Crippen LogP contribution in [0.5, 0.6) is 0 Å². The molecule has 5 heteroatoms. The molecular formula is C12H18N2O2S. The Morgan fingerprint density at radius 2 is 2.29 bits per heavy atom. The highest BCUT2D eigenvalue weighted by molar-refractivity contribution is 7.99. The fraction of sp³-hybridized carbons (Fsp3) is 0.500. The number of nitrogens with one attached hydrogen (secondary N) is 1. The molecule has 94 valence electrons. The van der Waals surface area contributed by atoms with Gasteiger partial charge in [0.1, 0.15) is 0 Å². The van der Waals surface area contributed by atoms with Crippen LogP contribution in [0.15, 0.2) is 24.3 Å². The fourth-order valence-electron chi connectivity index (χ4n) is 1.47. The predicted octanol–water partition coefficient (Wildman–Crippen LogP) is 3.54. The minimum Gasteiger partial charge on any atom is -0.382 e. The molecule has 1 aromatic carbocycles. The van der Waals surface area contributed by atoms with Crippen molar-refractivity contribution in [2.45, 2.75) is 26.3 Å². The lowest BCUT2D eigenvalue weighted by molar-refractivity contribution is -0.384. The van der Waals surface area contributed by atoms with Crippen LogP contribution >= 0.6 is 11.8 Å². The van der Waals surface area contributed by atoms with E-state index in [4.69, 9.17) is 0 Å². The van der Waals surface area contributed by atoms with Crippen LogP contribution in [0, 0.1) is 10.1 Å². The van der Waals surface area contributed by atoms with Gasteiger partial charge in [-0.25, -0.2) is 0 Å². The second kappa shape index (κ2) is 7.17. The molecule has 0 fully saturated rings. The zero-order valence-electron chi connectivity index (χ0n) is 10.2. The van der Waals surface area contributed by atoms with E-state index >= 15 is 0 Å². The molecular weight excluding hydrogens is 236 g/mol. The first-order valence-electron chi connectivity index (χ1n) is 5.72. The summed E-state index contributed by atoms with van der Waals surface area (Å²) in [6, 6.07) is 6.97. The highest BCUT2D eigenvalue weighted by Gasteiger charge is 2.07. The molecule has 0 aliphatic carbocycles. The Morgan fingerprint density at radius 3 is 2.94 bits per heavy atom. The molecule has 0 radical (unpaired) electrons. The summed E-state index contributed by atoms with van der Waals surface area (Å²) in [4.78, 5) is 10.3. The maximum Gasteiger partial charge on any atom is 0.271 e. The van der Waals surface area contributed by atoms with E-state index in [-0.39, 0.29) is 10.6 Å². The Bertz CT molecular complexity index is 371. The third-order valence-electron chi connectivity index (χ3n) is 2.37. The van der Waals surface area contributed by atoms with Crippen LogP contribution in [0.25, 0.3) is 0 Å². The lowest BCUT2D eigenvalue weighted by Crippen LogP contribution is -2.15. The monoisotopic (exact) mass is 254 g/mol. The van der Waals surface area contributed by atoms with Gasteiger partial charge in [-0.2, -0.15) is 11.8 Å². The van der Waals surface area contributed by atoms with Crippen molar-refractivity contribution in [3.8, 4) is 0 Å². The van der Waals surface area contributed by atoms with Gasteiger partial charge in [0.2, 0.25) is 0 Å². The standard InChI is InChI=1S/C12H18N2O2S/c1-3-17-8-7-10(2)13-11-5-4-6-12(9-11)14(15)16/h4-6,9-10,13H,3,7-8H2,1-2H3. The molecule has 0 aromatic heterocycles. The lowest BCUT2D eigenvalue weighted by Gasteiger charge is -2.14. The van der Waals surface area contributed by atoms with Crippen molar-refractivity contribution < 1.29 is 4.92 Å². The summed E-state index contributed by atoms with van der Waals surface area (Å²) >= 11 is 1.91. The van der Waals surface area contributed by atoms with Crippen LogP contribution in [0.4, 0.5) is 11.4 Å². The van der Waals surface area contributed by atoms with Crippen LogP contribution in [0.3, 0.4) is 0 Å². The number of anilines is 1. The molecule has 1 N–H and O–H groups in total. The molecule has 0 spiro atoms. The molecule has 1 aromatic rings. The molecule has 0 aliphatic heterocycles. The lowest BCUT2D eigenvalue weighted by atomic mass is 10.2. The van der Waals surface area contributed by atoms with E-state index in [1.54, 1.807) is 12.1 Å². The van der Waals surface area contributed by atoms with E-state index in [1.165, 1.54) is 6.07 Å². The summed E-state index contributed by atoms with van der Waals surface area (Å²) in [5, 5.41) is 13.9. The van der Waals surface area contributed by atoms with E-state index in [9.17, 15) is 10.1 Å². The van der Waals surface area contributed by atoms with E-state index in [0.717, 1.165) is 23.6 Å². The Morgan fingerprint density at radius 1 is 1.53 bits per heavy atom. The SMILES string of the molecule is CCSCCC(C)Nc1cccc([N+](=O)[O-])c1. The van der Waals surface area contributed by atoms with Gasteiger partial charge in [0.05, 0.1) is 4.92 Å². The second-order valence-corrected chi connectivity index (χ2v) is 5.23. The Labute approximate surface area is 106 Å². The number of benzene rings is 1. The van der Waals surface area contributed by atoms with Gasteiger partial charge < -0.3 is 5.32 Å². The molecule has 0 aliphatic rings. The summed E-state index contributed by atoms with van der Waals surface area (Å²) in [7, 11) is 0. The summed E-state index contributed by atoms with van der Waals surface area (Å²) in [5.41, 5.74) is 0.943. The largest absolute Gasteiger partial charge is 0.382 e. The molecule has 1 rings (SSSR count). The van der Waals surface area contributed by atoms with E-state index in [2.05, 4.69) is 19.2 Å². The van der Waals surface area contributed by atoms with E-state index in [0.29, 0.717) is 6.04 Å². The number of hydrogen-bond donors (Lipinski definition) is 1. The quantitative estimate of drug-likeness (QED) is 0.459. The van der Waals surface area contributed by atoms with Crippen molar-refractivity contribution in [3.63, 3.8) is 0 Å². The number of hydrogen-bond acceptors (Lipinski definition) is 4. The van der Waals surface area contributed by atoms with E-state index in [1.807, 2.05) is 17.8 Å². The van der Waals surface area contributed by atoms with Gasteiger partial charge in [0.15, 0.2) is 0 Å². The molecule has 0 amide bonds. The fourth-order valence-corrected chi connectivity index (χ4v) is 2.28. The second-order valence-electron chi connectivity index (χ2n) is 3.84. The van der Waals surface area contributed by atoms with Gasteiger partial charge in [0.25, 0.3) is 5.69 Å². The van der Waals surface area contributed by atoms with Crippen LogP contribution in [-0.4, -0.2) is 22.5 Å². The minimum atomic E-state index is -0.372. The number of thioether (sulfide) groups is 1. The van der Waals surface area contributed by atoms with Gasteiger partial charge in [-0.05, 0) is 30.9 Å². The molecule has 1 unspecified atom stereocenters. The summed E-state index contributed by atoms with van der Waals surface area (Å²) < 4.78 is 0. The molecule has 17 heavy (non-hydrogen) atoms. The molecule has 0 heterocycles. The topological polar surface area (TPSA) is 55.2 Å². The predicted molar refractivity (Wildman–Crippen MR) is 73.8 cm³/mol. The van der Waals surface area contributed by atoms with Crippen molar-refractivity contribution in [3.05, 3.63) is 34.4 Å². The van der Waals surface area contributed by atoms with Gasteiger partial charge in [-0.3, -0.25) is 10.1 Å². The summed E-state index contributed by atoms with van der Waals surface area (Å²) in [6.07, 6.45) is 1.06. The van der Waals surface area contributed by atoms with Gasteiger partial charge in [-0.1, -0.05) is 13.0 Å². The first-order valence-corrected chi connectivity index (χ1v) is 6.87. The van der Waals surface area contributed by atoms with Gasteiger partial charge >= 0.3 is 0 Å². The van der Waals surface area contributed by atoms with Crippen molar-refractivity contribution in [2.24, 2.45) is 0 Å². The summed E-state index contributed by atoms with van der Waals surface area (Å²) in [5.74, 6) is 2.24. The van der Waals surface area contributed by atoms with E-state index < -0.39 is 0 Å². The number of nitro benzene ring substituents is 1. The zero-order valence-corrected chi connectivity index (χ0v) is 11.0. The number of rotatable bonds is 7. The number of non-ortho nitro benzene ring substituents is 1. The maximum atomic E-state index is 10.6. The normalized spacial score (nSPS) is 12.1. The highest BCUT2D eigenvalue weighted by Crippen LogP contribution is 2.18. The minimum absolute atomic E-state index is 0.130. The third kappa shape index (κ3) is 5.08. The smallest absolute Gasteiger partial charge is 0.271 e. The molecule has 0 bridgehead atoms. The third-order valence-corrected chi connectivity index (χ3v) is 3.30. The maximum absolute atomic E-state index is 10.6. The van der Waals surface area contributed by atoms with Crippen molar-refractivity contribution in [1.82, 2.24) is 0 Å². The van der Waals surface area contributed by atoms with Crippen LogP contribution in [0.1, 0.15) is 20.3 Å². The zero-order chi connectivity index (χ0) is 12.7. The van der Waals surface area contributed by atoms with Crippen molar-refractivity contribution >= 4 is 23.1 Å². The number of nitro groups is 1. The molecule has 0 saturated carbocycles. The molecule has 0 saturated heterocycles.